The average Bonchev–Trinajstić information content (AvgIpc) is 2.38. The smallest absolute Gasteiger partial charge is 0.169 e. The van der Waals surface area contributed by atoms with Crippen molar-refractivity contribution in [2.45, 2.75) is 44.3 Å². The van der Waals surface area contributed by atoms with Crippen LogP contribution in [0.25, 0.3) is 0 Å². The maximum atomic E-state index is 9.14. The Hall–Kier alpha value is -1.33. The molecule has 1 fully saturated rings. The van der Waals surface area contributed by atoms with E-state index < -0.39 is 6.10 Å². The second kappa shape index (κ2) is 5.67. The summed E-state index contributed by atoms with van der Waals surface area (Å²) in [6, 6.07) is 12.0. The van der Waals surface area contributed by atoms with Gasteiger partial charge in [0.2, 0.25) is 0 Å². The van der Waals surface area contributed by atoms with Crippen molar-refractivity contribution in [3.8, 4) is 6.07 Å². The minimum Gasteiger partial charge on any atom is -0.355 e. The first-order valence-corrected chi connectivity index (χ1v) is 6.00. The Morgan fingerprint density at radius 2 is 1.81 bits per heavy atom. The monoisotopic (exact) mass is 215 g/mol. The number of nitrogens with zero attached hydrogens (tertiary/aromatic N) is 1. The van der Waals surface area contributed by atoms with E-state index in [1.807, 2.05) is 30.3 Å². The van der Waals surface area contributed by atoms with Crippen LogP contribution in [0.5, 0.6) is 0 Å². The van der Waals surface area contributed by atoms with Crippen LogP contribution in [0, 0.1) is 11.3 Å². The van der Waals surface area contributed by atoms with Gasteiger partial charge in [-0.05, 0) is 18.4 Å². The van der Waals surface area contributed by atoms with Crippen LogP contribution in [0.15, 0.2) is 30.3 Å². The summed E-state index contributed by atoms with van der Waals surface area (Å²) in [7, 11) is 0. The summed E-state index contributed by atoms with van der Waals surface area (Å²) in [6.07, 6.45) is 5.86. The lowest BCUT2D eigenvalue weighted by atomic mass is 9.97. The van der Waals surface area contributed by atoms with Gasteiger partial charge < -0.3 is 4.74 Å². The lowest BCUT2D eigenvalue weighted by molar-refractivity contribution is -0.00472. The zero-order chi connectivity index (χ0) is 11.2. The molecule has 84 valence electrons. The Bertz CT molecular complexity index is 349. The molecule has 0 bridgehead atoms. The lowest BCUT2D eigenvalue weighted by Gasteiger charge is -2.24. The number of hydrogen-bond donors (Lipinski definition) is 0. The van der Waals surface area contributed by atoms with Crippen LogP contribution in [0.3, 0.4) is 0 Å². The number of hydrogen-bond acceptors (Lipinski definition) is 2. The molecular formula is C14H17NO. The summed E-state index contributed by atoms with van der Waals surface area (Å²) in [4.78, 5) is 0. The van der Waals surface area contributed by atoms with Crippen molar-refractivity contribution in [3.05, 3.63) is 35.9 Å². The highest BCUT2D eigenvalue weighted by atomic mass is 16.5. The molecule has 1 aliphatic rings. The van der Waals surface area contributed by atoms with Crippen molar-refractivity contribution in [2.75, 3.05) is 0 Å². The summed E-state index contributed by atoms with van der Waals surface area (Å²) < 4.78 is 5.87. The molecular weight excluding hydrogens is 198 g/mol. The van der Waals surface area contributed by atoms with Gasteiger partial charge in [-0.1, -0.05) is 49.6 Å². The van der Waals surface area contributed by atoms with Crippen LogP contribution < -0.4 is 0 Å². The fourth-order valence-corrected chi connectivity index (χ4v) is 2.21. The Morgan fingerprint density at radius 1 is 1.12 bits per heavy atom. The lowest BCUT2D eigenvalue weighted by Crippen LogP contribution is -2.19. The molecule has 0 aliphatic heterocycles. The molecule has 1 aromatic carbocycles. The normalized spacial score (nSPS) is 18.9. The first-order chi connectivity index (χ1) is 7.90. The van der Waals surface area contributed by atoms with E-state index in [2.05, 4.69) is 6.07 Å². The van der Waals surface area contributed by atoms with Crippen LogP contribution in [-0.4, -0.2) is 6.10 Å². The summed E-state index contributed by atoms with van der Waals surface area (Å²) >= 11 is 0. The van der Waals surface area contributed by atoms with Crippen molar-refractivity contribution >= 4 is 0 Å². The average molecular weight is 215 g/mol. The second-order valence-electron chi connectivity index (χ2n) is 4.32. The first-order valence-electron chi connectivity index (χ1n) is 6.00. The van der Waals surface area contributed by atoms with E-state index in [0.717, 1.165) is 18.4 Å². The largest absolute Gasteiger partial charge is 0.355 e. The van der Waals surface area contributed by atoms with Crippen LogP contribution in [0.2, 0.25) is 0 Å². The third-order valence-electron chi connectivity index (χ3n) is 3.10. The molecule has 0 spiro atoms. The van der Waals surface area contributed by atoms with E-state index >= 15 is 0 Å². The third kappa shape index (κ3) is 2.84. The number of ether oxygens (including phenoxy) is 1. The fraction of sp³-hybridized carbons (Fsp3) is 0.500. The van der Waals surface area contributed by atoms with E-state index in [0.29, 0.717) is 0 Å². The van der Waals surface area contributed by atoms with Crippen LogP contribution >= 0.6 is 0 Å². The quantitative estimate of drug-likeness (QED) is 0.771. The predicted octanol–water partition coefficient (Wildman–Crippen LogP) is 3.60. The van der Waals surface area contributed by atoms with Gasteiger partial charge in [0.15, 0.2) is 6.10 Å². The molecule has 1 aromatic rings. The van der Waals surface area contributed by atoms with Gasteiger partial charge in [-0.3, -0.25) is 0 Å². The SMILES string of the molecule is N#C[C@H](OC1CCCCC1)c1ccccc1. The zero-order valence-electron chi connectivity index (χ0n) is 9.43. The maximum Gasteiger partial charge on any atom is 0.169 e. The molecule has 0 saturated heterocycles. The van der Waals surface area contributed by atoms with Gasteiger partial charge in [0.25, 0.3) is 0 Å². The topological polar surface area (TPSA) is 33.0 Å². The highest BCUT2D eigenvalue weighted by molar-refractivity contribution is 5.22. The van der Waals surface area contributed by atoms with Crippen LogP contribution in [0.1, 0.15) is 43.8 Å². The van der Waals surface area contributed by atoms with Crippen molar-refractivity contribution in [1.29, 1.82) is 5.26 Å². The zero-order valence-corrected chi connectivity index (χ0v) is 9.43. The van der Waals surface area contributed by atoms with E-state index in [9.17, 15) is 0 Å². The van der Waals surface area contributed by atoms with Gasteiger partial charge in [0, 0.05) is 0 Å². The van der Waals surface area contributed by atoms with Crippen LogP contribution in [0.4, 0.5) is 0 Å². The summed E-state index contributed by atoms with van der Waals surface area (Å²) in [5.74, 6) is 0. The second-order valence-corrected chi connectivity index (χ2v) is 4.32. The summed E-state index contributed by atoms with van der Waals surface area (Å²) in [6.45, 7) is 0. The highest BCUT2D eigenvalue weighted by Crippen LogP contribution is 2.26. The van der Waals surface area contributed by atoms with Crippen molar-refractivity contribution in [1.82, 2.24) is 0 Å². The number of rotatable bonds is 3. The van der Waals surface area contributed by atoms with Gasteiger partial charge in [-0.2, -0.15) is 5.26 Å². The number of benzene rings is 1. The molecule has 0 amide bonds. The van der Waals surface area contributed by atoms with E-state index in [1.165, 1.54) is 19.3 Å². The molecule has 0 aromatic heterocycles. The molecule has 0 N–H and O–H groups in total. The first kappa shape index (κ1) is 11.2. The molecule has 2 nitrogen and oxygen atoms in total. The fourth-order valence-electron chi connectivity index (χ4n) is 2.21. The Morgan fingerprint density at radius 3 is 2.44 bits per heavy atom. The van der Waals surface area contributed by atoms with Crippen molar-refractivity contribution in [3.63, 3.8) is 0 Å². The molecule has 16 heavy (non-hydrogen) atoms. The standard InChI is InChI=1S/C14H17NO/c15-11-14(12-7-3-1-4-8-12)16-13-9-5-2-6-10-13/h1,3-4,7-8,13-14H,2,5-6,9-10H2/t14-/m0/s1. The van der Waals surface area contributed by atoms with Gasteiger partial charge in [0.05, 0.1) is 12.2 Å². The molecule has 0 radical (unpaired) electrons. The van der Waals surface area contributed by atoms with E-state index in [1.54, 1.807) is 0 Å². The van der Waals surface area contributed by atoms with Crippen molar-refractivity contribution in [2.24, 2.45) is 0 Å². The maximum absolute atomic E-state index is 9.14. The van der Waals surface area contributed by atoms with Gasteiger partial charge in [-0.15, -0.1) is 0 Å². The predicted molar refractivity (Wildman–Crippen MR) is 62.8 cm³/mol. The third-order valence-corrected chi connectivity index (χ3v) is 3.10. The Labute approximate surface area is 96.9 Å². The Kier molecular flexibility index (Phi) is 3.96. The highest BCUT2D eigenvalue weighted by Gasteiger charge is 2.19. The van der Waals surface area contributed by atoms with E-state index in [-0.39, 0.29) is 6.10 Å². The molecule has 1 saturated carbocycles. The molecule has 0 unspecified atom stereocenters. The van der Waals surface area contributed by atoms with Gasteiger partial charge in [-0.25, -0.2) is 0 Å². The Balaban J connectivity index is 1.98. The van der Waals surface area contributed by atoms with Crippen LogP contribution in [-0.2, 0) is 4.74 Å². The molecule has 2 rings (SSSR count). The number of nitriles is 1. The van der Waals surface area contributed by atoms with Crippen molar-refractivity contribution < 1.29 is 4.74 Å². The van der Waals surface area contributed by atoms with Gasteiger partial charge in [0.1, 0.15) is 0 Å². The molecule has 2 heteroatoms. The molecule has 0 heterocycles. The van der Waals surface area contributed by atoms with E-state index in [4.69, 9.17) is 10.00 Å². The minimum absolute atomic E-state index is 0.276. The minimum atomic E-state index is -0.399. The summed E-state index contributed by atoms with van der Waals surface area (Å²) in [5, 5.41) is 9.14. The molecule has 1 atom stereocenters. The summed E-state index contributed by atoms with van der Waals surface area (Å²) in [5.41, 5.74) is 0.968. The molecule has 1 aliphatic carbocycles. The van der Waals surface area contributed by atoms with Gasteiger partial charge >= 0.3 is 0 Å².